The van der Waals surface area contributed by atoms with Crippen molar-refractivity contribution in [2.24, 2.45) is 0 Å². The Hall–Kier alpha value is -1.12. The van der Waals surface area contributed by atoms with Crippen LogP contribution in [0.15, 0.2) is 48.2 Å². The van der Waals surface area contributed by atoms with Crippen molar-refractivity contribution in [2.45, 2.75) is 0 Å². The molecule has 2 aromatic rings. The van der Waals surface area contributed by atoms with Crippen molar-refractivity contribution in [2.75, 3.05) is 0 Å². The summed E-state index contributed by atoms with van der Waals surface area (Å²) in [7, 11) is 0. The molecule has 0 aliphatic rings. The van der Waals surface area contributed by atoms with E-state index in [1.54, 1.807) is 22.7 Å². The lowest BCUT2D eigenvalue weighted by molar-refractivity contribution is 1.84. The van der Waals surface area contributed by atoms with Gasteiger partial charge < -0.3 is 0 Å². The van der Waals surface area contributed by atoms with Crippen molar-refractivity contribution in [3.05, 3.63) is 57.9 Å². The lowest BCUT2D eigenvalue weighted by atomic mass is 10.1. The summed E-state index contributed by atoms with van der Waals surface area (Å²) < 4.78 is 0. The highest BCUT2D eigenvalue weighted by atomic mass is 32.1. The molecule has 0 fully saturated rings. The van der Waals surface area contributed by atoms with E-state index < -0.39 is 0 Å². The second-order valence-electron chi connectivity index (χ2n) is 2.91. The molecule has 0 aliphatic carbocycles. The maximum atomic E-state index is 4.07. The predicted molar refractivity (Wildman–Crippen MR) is 66.7 cm³/mol. The predicted octanol–water partition coefficient (Wildman–Crippen LogP) is 4.54. The van der Waals surface area contributed by atoms with Crippen LogP contribution in [0.5, 0.6) is 0 Å². The van der Waals surface area contributed by atoms with Crippen LogP contribution in [0.1, 0.15) is 9.75 Å². The Labute approximate surface area is 91.8 Å². The summed E-state index contributed by atoms with van der Waals surface area (Å²) in [5.74, 6) is 0. The average Bonchev–Trinajstić information content (AvgIpc) is 2.87. The van der Waals surface area contributed by atoms with Crippen molar-refractivity contribution >= 4 is 33.8 Å². The van der Waals surface area contributed by atoms with E-state index in [4.69, 9.17) is 0 Å². The summed E-state index contributed by atoms with van der Waals surface area (Å²) in [6.07, 6.45) is 0. The van der Waals surface area contributed by atoms with Crippen molar-refractivity contribution < 1.29 is 0 Å². The van der Waals surface area contributed by atoms with Gasteiger partial charge in [0, 0.05) is 9.75 Å². The van der Waals surface area contributed by atoms with Crippen LogP contribution >= 0.6 is 22.7 Å². The third-order valence-electron chi connectivity index (χ3n) is 2.00. The van der Waals surface area contributed by atoms with Gasteiger partial charge in [0.05, 0.1) is 0 Å². The van der Waals surface area contributed by atoms with Crippen molar-refractivity contribution in [1.29, 1.82) is 0 Å². The Kier molecular flexibility index (Phi) is 2.66. The van der Waals surface area contributed by atoms with E-state index in [1.165, 1.54) is 9.75 Å². The number of rotatable bonds is 3. The lowest BCUT2D eigenvalue weighted by Crippen LogP contribution is -1.80. The van der Waals surface area contributed by atoms with Crippen LogP contribution in [-0.4, -0.2) is 0 Å². The molecule has 70 valence electrons. The Balaban J connectivity index is 2.26. The molecule has 0 aliphatic heterocycles. The van der Waals surface area contributed by atoms with Gasteiger partial charge in [-0.1, -0.05) is 25.3 Å². The van der Waals surface area contributed by atoms with Gasteiger partial charge in [0.2, 0.25) is 0 Å². The van der Waals surface area contributed by atoms with Crippen LogP contribution in [-0.2, 0) is 0 Å². The van der Waals surface area contributed by atoms with Crippen LogP contribution in [0.4, 0.5) is 0 Å². The van der Waals surface area contributed by atoms with Gasteiger partial charge in [-0.05, 0) is 34.0 Å². The van der Waals surface area contributed by atoms with Gasteiger partial charge in [0.1, 0.15) is 0 Å². The first-order valence-corrected chi connectivity index (χ1v) is 6.01. The van der Waals surface area contributed by atoms with Crippen LogP contribution in [0, 0.1) is 0 Å². The van der Waals surface area contributed by atoms with E-state index in [-0.39, 0.29) is 0 Å². The number of allylic oxidation sites excluding steroid dienone is 2. The minimum atomic E-state index is 1.03. The molecule has 0 unspecified atom stereocenters. The SMILES string of the molecule is C=C(C(=C)c1cccs1)c1cccs1. The third-order valence-corrected chi connectivity index (χ3v) is 3.86. The zero-order chi connectivity index (χ0) is 9.97. The monoisotopic (exact) mass is 218 g/mol. The summed E-state index contributed by atoms with van der Waals surface area (Å²) >= 11 is 3.40. The van der Waals surface area contributed by atoms with E-state index in [0.29, 0.717) is 0 Å². The van der Waals surface area contributed by atoms with E-state index >= 15 is 0 Å². The molecule has 2 heteroatoms. The molecule has 2 heterocycles. The first-order chi connectivity index (χ1) is 6.79. The van der Waals surface area contributed by atoms with E-state index in [9.17, 15) is 0 Å². The van der Waals surface area contributed by atoms with Crippen molar-refractivity contribution in [3.63, 3.8) is 0 Å². The summed E-state index contributed by atoms with van der Waals surface area (Å²) in [5, 5.41) is 4.12. The lowest BCUT2D eigenvalue weighted by Gasteiger charge is -2.04. The summed E-state index contributed by atoms with van der Waals surface area (Å²) in [6.45, 7) is 8.14. The molecular formula is C12H10S2. The number of hydrogen-bond donors (Lipinski definition) is 0. The smallest absolute Gasteiger partial charge is 0.0343 e. The van der Waals surface area contributed by atoms with Gasteiger partial charge in [-0.3, -0.25) is 0 Å². The maximum absolute atomic E-state index is 4.07. The zero-order valence-corrected chi connectivity index (χ0v) is 9.33. The fourth-order valence-corrected chi connectivity index (χ4v) is 2.65. The van der Waals surface area contributed by atoms with Gasteiger partial charge in [-0.2, -0.15) is 0 Å². The molecule has 0 bridgehead atoms. The maximum Gasteiger partial charge on any atom is 0.0343 e. The van der Waals surface area contributed by atoms with Gasteiger partial charge >= 0.3 is 0 Å². The molecule has 0 radical (unpaired) electrons. The van der Waals surface area contributed by atoms with Gasteiger partial charge in [-0.25, -0.2) is 0 Å². The molecular weight excluding hydrogens is 208 g/mol. The second kappa shape index (κ2) is 3.95. The fourth-order valence-electron chi connectivity index (χ4n) is 1.20. The first kappa shape index (κ1) is 9.44. The summed E-state index contributed by atoms with van der Waals surface area (Å²) in [6, 6.07) is 8.22. The standard InChI is InChI=1S/C12H10S2/c1-9(11-5-3-7-13-11)10(2)12-6-4-8-14-12/h3-8H,1-2H2. The van der Waals surface area contributed by atoms with E-state index in [2.05, 4.69) is 36.1 Å². The molecule has 0 nitrogen and oxygen atoms in total. The molecule has 0 aromatic carbocycles. The van der Waals surface area contributed by atoms with E-state index in [1.807, 2.05) is 12.1 Å². The van der Waals surface area contributed by atoms with Crippen molar-refractivity contribution in [1.82, 2.24) is 0 Å². The second-order valence-corrected chi connectivity index (χ2v) is 4.81. The molecule has 2 rings (SSSR count). The largest absolute Gasteiger partial charge is 0.144 e. The molecule has 0 atom stereocenters. The molecule has 0 saturated heterocycles. The van der Waals surface area contributed by atoms with Crippen LogP contribution in [0.3, 0.4) is 0 Å². The Morgan fingerprint density at radius 3 is 1.57 bits per heavy atom. The number of hydrogen-bond acceptors (Lipinski definition) is 2. The normalized spacial score (nSPS) is 10.0. The van der Waals surface area contributed by atoms with Crippen LogP contribution in [0.2, 0.25) is 0 Å². The van der Waals surface area contributed by atoms with Gasteiger partial charge in [-0.15, -0.1) is 22.7 Å². The third kappa shape index (κ3) is 1.72. The first-order valence-electron chi connectivity index (χ1n) is 4.25. The van der Waals surface area contributed by atoms with E-state index in [0.717, 1.165) is 11.1 Å². The summed E-state index contributed by atoms with van der Waals surface area (Å²) in [4.78, 5) is 2.40. The average molecular weight is 218 g/mol. The highest BCUT2D eigenvalue weighted by Gasteiger charge is 2.06. The van der Waals surface area contributed by atoms with Crippen LogP contribution in [0.25, 0.3) is 11.1 Å². The molecule has 2 aromatic heterocycles. The fraction of sp³-hybridized carbons (Fsp3) is 0. The Bertz CT molecular complexity index is 388. The molecule has 0 amide bonds. The van der Waals surface area contributed by atoms with Gasteiger partial charge in [0.25, 0.3) is 0 Å². The van der Waals surface area contributed by atoms with Gasteiger partial charge in [0.15, 0.2) is 0 Å². The molecule has 14 heavy (non-hydrogen) atoms. The molecule has 0 spiro atoms. The Morgan fingerprint density at radius 1 is 0.857 bits per heavy atom. The minimum Gasteiger partial charge on any atom is -0.144 e. The number of thiophene rings is 2. The highest BCUT2D eigenvalue weighted by molar-refractivity contribution is 7.12. The molecule has 0 N–H and O–H groups in total. The van der Waals surface area contributed by atoms with Crippen molar-refractivity contribution in [3.8, 4) is 0 Å². The zero-order valence-electron chi connectivity index (χ0n) is 7.69. The Morgan fingerprint density at radius 2 is 1.29 bits per heavy atom. The van der Waals surface area contributed by atoms with Crippen LogP contribution < -0.4 is 0 Å². The minimum absolute atomic E-state index is 1.03. The quantitative estimate of drug-likeness (QED) is 0.664. The summed E-state index contributed by atoms with van der Waals surface area (Å²) in [5.41, 5.74) is 2.06. The topological polar surface area (TPSA) is 0 Å². The molecule has 0 saturated carbocycles. The highest BCUT2D eigenvalue weighted by Crippen LogP contribution is 2.32.